The third-order valence-electron chi connectivity index (χ3n) is 2.11. The number of nitrogens with zero attached hydrogens (tertiary/aromatic N) is 1. The smallest absolute Gasteiger partial charge is 0.387 e. The van der Waals surface area contributed by atoms with Crippen molar-refractivity contribution in [3.8, 4) is 11.8 Å². The molecular weight excluding hydrogens is 268 g/mol. The van der Waals surface area contributed by atoms with Gasteiger partial charge >= 0.3 is 12.6 Å². The summed E-state index contributed by atoms with van der Waals surface area (Å²) in [7, 11) is 0. The molecule has 0 bridgehead atoms. The van der Waals surface area contributed by atoms with Crippen LogP contribution >= 0.6 is 11.6 Å². The van der Waals surface area contributed by atoms with Crippen LogP contribution in [0.5, 0.6) is 5.75 Å². The number of benzene rings is 1. The predicted molar refractivity (Wildman–Crippen MR) is 58.7 cm³/mol. The molecule has 0 aliphatic rings. The molecular formula is C11H8ClF2NO3. The number of aliphatic carboxylic acids is 1. The van der Waals surface area contributed by atoms with Crippen molar-refractivity contribution in [2.24, 2.45) is 0 Å². The van der Waals surface area contributed by atoms with E-state index in [4.69, 9.17) is 22.0 Å². The number of carboxylic acid groups (broad SMARTS) is 1. The zero-order valence-corrected chi connectivity index (χ0v) is 9.75. The highest BCUT2D eigenvalue weighted by atomic mass is 35.5. The van der Waals surface area contributed by atoms with Crippen LogP contribution in [-0.2, 0) is 17.1 Å². The molecule has 0 unspecified atom stereocenters. The van der Waals surface area contributed by atoms with Gasteiger partial charge in [0.2, 0.25) is 0 Å². The van der Waals surface area contributed by atoms with Crippen molar-refractivity contribution in [3.63, 3.8) is 0 Å². The van der Waals surface area contributed by atoms with E-state index in [9.17, 15) is 13.6 Å². The van der Waals surface area contributed by atoms with Crippen molar-refractivity contribution >= 4 is 17.6 Å². The molecule has 0 aromatic heterocycles. The van der Waals surface area contributed by atoms with Crippen LogP contribution in [0, 0.1) is 11.3 Å². The molecule has 1 N–H and O–H groups in total. The Bertz CT molecular complexity index is 500. The van der Waals surface area contributed by atoms with E-state index in [0.29, 0.717) is 0 Å². The summed E-state index contributed by atoms with van der Waals surface area (Å²) in [5.41, 5.74) is 0.395. The zero-order chi connectivity index (χ0) is 13.7. The van der Waals surface area contributed by atoms with E-state index in [1.165, 1.54) is 6.07 Å². The van der Waals surface area contributed by atoms with Crippen molar-refractivity contribution < 1.29 is 23.4 Å². The molecule has 0 saturated heterocycles. The molecule has 1 rings (SSSR count). The van der Waals surface area contributed by atoms with Crippen LogP contribution in [0.3, 0.4) is 0 Å². The summed E-state index contributed by atoms with van der Waals surface area (Å²) in [6, 6.07) is 4.15. The fraction of sp³-hybridized carbons (Fsp3) is 0.273. The van der Waals surface area contributed by atoms with E-state index in [2.05, 4.69) is 4.74 Å². The molecule has 0 saturated carbocycles. The minimum Gasteiger partial charge on any atom is -0.481 e. The normalized spacial score (nSPS) is 10.2. The quantitative estimate of drug-likeness (QED) is 0.838. The summed E-state index contributed by atoms with van der Waals surface area (Å²) < 4.78 is 28.6. The summed E-state index contributed by atoms with van der Waals surface area (Å²) in [5, 5.41) is 17.5. The minimum absolute atomic E-state index is 0.0784. The van der Waals surface area contributed by atoms with E-state index < -0.39 is 19.0 Å². The molecule has 7 heteroatoms. The lowest BCUT2D eigenvalue weighted by Crippen LogP contribution is -2.08. The number of halogens is 3. The maximum atomic E-state index is 12.2. The number of ether oxygens (including phenoxy) is 1. The first-order chi connectivity index (χ1) is 8.47. The Kier molecular flexibility index (Phi) is 4.86. The van der Waals surface area contributed by atoms with Gasteiger partial charge in [0.1, 0.15) is 5.75 Å². The first kappa shape index (κ1) is 14.2. The van der Waals surface area contributed by atoms with E-state index in [0.717, 1.165) is 6.07 Å². The molecule has 0 fully saturated rings. The molecule has 0 heterocycles. The maximum Gasteiger partial charge on any atom is 0.387 e. The summed E-state index contributed by atoms with van der Waals surface area (Å²) >= 11 is 5.55. The van der Waals surface area contributed by atoms with Crippen LogP contribution in [0.4, 0.5) is 8.78 Å². The number of hydrogen-bond donors (Lipinski definition) is 1. The molecule has 0 aliphatic heterocycles. The van der Waals surface area contributed by atoms with Crippen LogP contribution < -0.4 is 4.74 Å². The molecule has 0 radical (unpaired) electrons. The highest BCUT2D eigenvalue weighted by molar-refractivity contribution is 6.17. The van der Waals surface area contributed by atoms with Gasteiger partial charge in [-0.2, -0.15) is 14.0 Å². The topological polar surface area (TPSA) is 70.3 Å². The van der Waals surface area contributed by atoms with Crippen molar-refractivity contribution in [2.75, 3.05) is 0 Å². The molecule has 0 atom stereocenters. The Morgan fingerprint density at radius 1 is 1.50 bits per heavy atom. The molecule has 0 amide bonds. The third kappa shape index (κ3) is 3.57. The first-order valence-electron chi connectivity index (χ1n) is 4.76. The summed E-state index contributed by atoms with van der Waals surface area (Å²) in [6.45, 7) is -3.04. The number of alkyl halides is 3. The number of nitriles is 1. The summed E-state index contributed by atoms with van der Waals surface area (Å²) in [4.78, 5) is 10.6. The Labute approximate surface area is 106 Å². The van der Waals surface area contributed by atoms with Crippen molar-refractivity contribution in [1.82, 2.24) is 0 Å². The van der Waals surface area contributed by atoms with E-state index >= 15 is 0 Å². The second-order valence-electron chi connectivity index (χ2n) is 3.31. The van der Waals surface area contributed by atoms with Crippen molar-refractivity contribution in [2.45, 2.75) is 18.9 Å². The Hall–Kier alpha value is -1.87. The van der Waals surface area contributed by atoms with Gasteiger partial charge in [-0.15, -0.1) is 11.6 Å². The van der Waals surface area contributed by atoms with Gasteiger partial charge in [0.25, 0.3) is 0 Å². The van der Waals surface area contributed by atoms with Gasteiger partial charge in [0.05, 0.1) is 23.9 Å². The van der Waals surface area contributed by atoms with Gasteiger partial charge < -0.3 is 9.84 Å². The van der Waals surface area contributed by atoms with Crippen LogP contribution in [0.25, 0.3) is 0 Å². The molecule has 18 heavy (non-hydrogen) atoms. The lowest BCUT2D eigenvalue weighted by atomic mass is 10.0. The minimum atomic E-state index is -3.04. The van der Waals surface area contributed by atoms with E-state index in [-0.39, 0.29) is 28.3 Å². The Morgan fingerprint density at radius 3 is 2.61 bits per heavy atom. The van der Waals surface area contributed by atoms with Crippen LogP contribution in [0.1, 0.15) is 16.7 Å². The monoisotopic (exact) mass is 275 g/mol. The third-order valence-corrected chi connectivity index (χ3v) is 2.40. The molecule has 0 spiro atoms. The van der Waals surface area contributed by atoms with Crippen molar-refractivity contribution in [3.05, 3.63) is 28.8 Å². The van der Waals surface area contributed by atoms with E-state index in [1.54, 1.807) is 6.07 Å². The molecule has 4 nitrogen and oxygen atoms in total. The molecule has 1 aromatic rings. The van der Waals surface area contributed by atoms with Crippen LogP contribution in [0.2, 0.25) is 0 Å². The van der Waals surface area contributed by atoms with Gasteiger partial charge in [-0.3, -0.25) is 4.79 Å². The van der Waals surface area contributed by atoms with Gasteiger partial charge in [0.15, 0.2) is 0 Å². The van der Waals surface area contributed by atoms with Gasteiger partial charge in [-0.05, 0) is 17.7 Å². The molecule has 1 aromatic carbocycles. The lowest BCUT2D eigenvalue weighted by Gasteiger charge is -2.11. The summed E-state index contributed by atoms with van der Waals surface area (Å²) in [6.07, 6.45) is -0.453. The highest BCUT2D eigenvalue weighted by Gasteiger charge is 2.15. The predicted octanol–water partition coefficient (Wildman–Crippen LogP) is 2.53. The Morgan fingerprint density at radius 2 is 2.17 bits per heavy atom. The second kappa shape index (κ2) is 6.17. The lowest BCUT2D eigenvalue weighted by molar-refractivity contribution is -0.136. The number of carboxylic acids is 1. The fourth-order valence-corrected chi connectivity index (χ4v) is 1.60. The second-order valence-corrected chi connectivity index (χ2v) is 3.58. The number of rotatable bonds is 5. The van der Waals surface area contributed by atoms with Crippen LogP contribution in [0.15, 0.2) is 12.1 Å². The molecule has 0 aliphatic carbocycles. The highest BCUT2D eigenvalue weighted by Crippen LogP contribution is 2.27. The average Bonchev–Trinajstić information content (AvgIpc) is 2.28. The average molecular weight is 276 g/mol. The van der Waals surface area contributed by atoms with Gasteiger partial charge in [0, 0.05) is 5.56 Å². The van der Waals surface area contributed by atoms with E-state index in [1.807, 2.05) is 0 Å². The van der Waals surface area contributed by atoms with Gasteiger partial charge in [-0.1, -0.05) is 0 Å². The fourth-order valence-electron chi connectivity index (χ4n) is 1.39. The van der Waals surface area contributed by atoms with Gasteiger partial charge in [-0.25, -0.2) is 0 Å². The largest absolute Gasteiger partial charge is 0.481 e. The Balaban J connectivity index is 3.25. The summed E-state index contributed by atoms with van der Waals surface area (Å²) in [5.74, 6) is -1.51. The molecule has 96 valence electrons. The number of hydrogen-bond acceptors (Lipinski definition) is 3. The zero-order valence-electron chi connectivity index (χ0n) is 8.99. The maximum absolute atomic E-state index is 12.2. The van der Waals surface area contributed by atoms with Crippen LogP contribution in [-0.4, -0.2) is 17.7 Å². The van der Waals surface area contributed by atoms with Crippen molar-refractivity contribution in [1.29, 1.82) is 5.26 Å². The first-order valence-corrected chi connectivity index (χ1v) is 5.29. The SMILES string of the molecule is N#Cc1cc(CCl)c(OC(F)F)cc1CC(=O)O. The standard InChI is InChI=1S/C11H8ClF2NO3/c12-4-7-1-8(5-15)6(3-10(16)17)2-9(7)18-11(13)14/h1-2,11H,3-4H2,(H,16,17). The number of carbonyl (C=O) groups is 1.